The number of nitrogens with zero attached hydrogens (tertiary/aromatic N) is 1. The summed E-state index contributed by atoms with van der Waals surface area (Å²) in [5.74, 6) is -0.226. The molecule has 3 heteroatoms. The minimum Gasteiger partial charge on any atom is -0.267 e. The lowest BCUT2D eigenvalue weighted by Gasteiger charge is -1.76. The van der Waals surface area contributed by atoms with Crippen LogP contribution >= 0.6 is 12.4 Å². The second-order valence-electron chi connectivity index (χ2n) is 1.75. The van der Waals surface area contributed by atoms with Gasteiger partial charge in [0.05, 0.1) is 0 Å². The monoisotopic (exact) mass is 169 g/mol. The lowest BCUT2D eigenvalue weighted by Crippen LogP contribution is -1.84. The van der Waals surface area contributed by atoms with E-state index in [4.69, 9.17) is 0 Å². The molecule has 0 fully saturated rings. The Morgan fingerprint density at radius 1 is 1.00 bits per heavy atom. The highest BCUT2D eigenvalue weighted by molar-refractivity contribution is 5.96. The van der Waals surface area contributed by atoms with Crippen molar-refractivity contribution in [2.24, 2.45) is 4.99 Å². The number of carbonyl (C=O) groups is 1. The van der Waals surface area contributed by atoms with Crippen LogP contribution in [0.25, 0.3) is 0 Å². The topological polar surface area (TPSA) is 29.4 Å². The molecule has 1 aliphatic rings. The Bertz CT molecular complexity index is 214. The van der Waals surface area contributed by atoms with Gasteiger partial charge in [0, 0.05) is 12.3 Å². The molecule has 1 aliphatic heterocycles. The molecule has 0 atom stereocenters. The molecule has 0 saturated heterocycles. The number of rotatable bonds is 0. The van der Waals surface area contributed by atoms with Gasteiger partial charge in [-0.1, -0.05) is 24.3 Å². The van der Waals surface area contributed by atoms with Crippen LogP contribution < -0.4 is 0 Å². The van der Waals surface area contributed by atoms with Gasteiger partial charge in [0.2, 0.25) is 0 Å². The molecule has 0 aliphatic carbocycles. The lowest BCUT2D eigenvalue weighted by atomic mass is 10.4. The van der Waals surface area contributed by atoms with Gasteiger partial charge in [0.1, 0.15) is 0 Å². The second-order valence-corrected chi connectivity index (χ2v) is 1.75. The molecule has 0 bridgehead atoms. The van der Waals surface area contributed by atoms with E-state index in [1.54, 1.807) is 18.2 Å². The minimum atomic E-state index is -0.226. The van der Waals surface area contributed by atoms with Crippen molar-refractivity contribution in [3.8, 4) is 0 Å². The van der Waals surface area contributed by atoms with Crippen LogP contribution in [-0.4, -0.2) is 12.1 Å². The van der Waals surface area contributed by atoms with E-state index in [2.05, 4.69) is 4.99 Å². The maximum absolute atomic E-state index is 10.6. The number of amides is 1. The molecule has 1 amide bonds. The standard InChI is InChI=1S/C8H7NO.ClH/c10-8-6-4-2-1-3-5-7-9-8;/h1-7H;1H. The van der Waals surface area contributed by atoms with Crippen molar-refractivity contribution in [3.05, 3.63) is 36.5 Å². The average Bonchev–Trinajstić information content (AvgIpc) is 2.02. The van der Waals surface area contributed by atoms with Gasteiger partial charge in [-0.25, -0.2) is 4.99 Å². The molecule has 0 unspecified atom stereocenters. The number of halogens is 1. The number of hydrogen-bond acceptors (Lipinski definition) is 1. The molecule has 0 saturated carbocycles. The zero-order valence-corrected chi connectivity index (χ0v) is 6.62. The molecule has 0 aromatic heterocycles. The van der Waals surface area contributed by atoms with Crippen LogP contribution in [0.2, 0.25) is 0 Å². The molecule has 0 aromatic rings. The number of aliphatic imine (C=N–C) groups is 1. The van der Waals surface area contributed by atoms with E-state index in [0.29, 0.717) is 0 Å². The van der Waals surface area contributed by atoms with E-state index in [1.165, 1.54) is 12.3 Å². The molecule has 2 nitrogen and oxygen atoms in total. The number of allylic oxidation sites excluding steroid dienone is 5. The fraction of sp³-hybridized carbons (Fsp3) is 0. The zero-order valence-electron chi connectivity index (χ0n) is 5.81. The van der Waals surface area contributed by atoms with Crippen molar-refractivity contribution < 1.29 is 4.79 Å². The summed E-state index contributed by atoms with van der Waals surface area (Å²) < 4.78 is 0. The molecular formula is C8H8ClNO. The van der Waals surface area contributed by atoms with E-state index < -0.39 is 0 Å². The van der Waals surface area contributed by atoms with Crippen LogP contribution in [0.5, 0.6) is 0 Å². The van der Waals surface area contributed by atoms with Crippen molar-refractivity contribution in [2.45, 2.75) is 0 Å². The minimum absolute atomic E-state index is 0. The summed E-state index contributed by atoms with van der Waals surface area (Å²) in [6, 6.07) is 0. The van der Waals surface area contributed by atoms with Crippen LogP contribution in [0.1, 0.15) is 0 Å². The highest BCUT2D eigenvalue weighted by atomic mass is 35.5. The van der Waals surface area contributed by atoms with E-state index in [9.17, 15) is 4.79 Å². The first-order chi connectivity index (χ1) is 4.89. The SMILES string of the molecule is Cl.O=C1C=CC=CC=CC=N1. The Kier molecular flexibility index (Phi) is 5.03. The van der Waals surface area contributed by atoms with E-state index in [0.717, 1.165) is 0 Å². The Hall–Kier alpha value is -1.15. The molecule has 0 radical (unpaired) electrons. The van der Waals surface area contributed by atoms with Crippen molar-refractivity contribution >= 4 is 24.5 Å². The molecule has 58 valence electrons. The third-order valence-corrected chi connectivity index (χ3v) is 0.971. The summed E-state index contributed by atoms with van der Waals surface area (Å²) in [7, 11) is 0. The predicted molar refractivity (Wildman–Crippen MR) is 48.2 cm³/mol. The fourth-order valence-corrected chi connectivity index (χ4v) is 0.540. The van der Waals surface area contributed by atoms with E-state index >= 15 is 0 Å². The van der Waals surface area contributed by atoms with Crippen molar-refractivity contribution in [1.29, 1.82) is 0 Å². The maximum Gasteiger partial charge on any atom is 0.269 e. The summed E-state index contributed by atoms with van der Waals surface area (Å²) in [6.07, 6.45) is 11.7. The normalized spacial score (nSPS) is 15.1. The summed E-state index contributed by atoms with van der Waals surface area (Å²) in [6.45, 7) is 0. The first kappa shape index (κ1) is 9.85. The van der Waals surface area contributed by atoms with Gasteiger partial charge in [0.25, 0.3) is 5.91 Å². The Morgan fingerprint density at radius 2 is 1.64 bits per heavy atom. The quantitative estimate of drug-likeness (QED) is 0.543. The summed E-state index contributed by atoms with van der Waals surface area (Å²) in [5.41, 5.74) is 0. The van der Waals surface area contributed by atoms with E-state index in [-0.39, 0.29) is 18.3 Å². The summed E-state index contributed by atoms with van der Waals surface area (Å²) in [5, 5.41) is 0. The number of hydrogen-bond donors (Lipinski definition) is 0. The van der Waals surface area contributed by atoms with Crippen molar-refractivity contribution in [2.75, 3.05) is 0 Å². The van der Waals surface area contributed by atoms with Crippen LogP contribution in [0.3, 0.4) is 0 Å². The molecule has 0 spiro atoms. The highest BCUT2D eigenvalue weighted by Crippen LogP contribution is 1.85. The predicted octanol–water partition coefficient (Wildman–Crippen LogP) is 1.69. The van der Waals surface area contributed by atoms with Gasteiger partial charge in [-0.2, -0.15) is 0 Å². The molecule has 1 rings (SSSR count). The molecule has 1 heterocycles. The molecule has 0 aromatic carbocycles. The molecular weight excluding hydrogens is 162 g/mol. The zero-order chi connectivity index (χ0) is 7.23. The van der Waals surface area contributed by atoms with Crippen LogP contribution in [0, 0.1) is 0 Å². The first-order valence-corrected chi connectivity index (χ1v) is 2.97. The van der Waals surface area contributed by atoms with Crippen LogP contribution in [0.15, 0.2) is 41.4 Å². The van der Waals surface area contributed by atoms with Crippen LogP contribution in [0.4, 0.5) is 0 Å². The second kappa shape index (κ2) is 5.62. The summed E-state index contributed by atoms with van der Waals surface area (Å²) in [4.78, 5) is 14.2. The summed E-state index contributed by atoms with van der Waals surface area (Å²) >= 11 is 0. The van der Waals surface area contributed by atoms with Crippen molar-refractivity contribution in [3.63, 3.8) is 0 Å². The smallest absolute Gasteiger partial charge is 0.267 e. The molecule has 11 heavy (non-hydrogen) atoms. The highest BCUT2D eigenvalue weighted by Gasteiger charge is 1.85. The van der Waals surface area contributed by atoms with Crippen molar-refractivity contribution in [1.82, 2.24) is 0 Å². The van der Waals surface area contributed by atoms with Gasteiger partial charge in [-0.3, -0.25) is 4.79 Å². The average molecular weight is 170 g/mol. The lowest BCUT2D eigenvalue weighted by molar-refractivity contribution is -0.113. The third kappa shape index (κ3) is 4.28. The van der Waals surface area contributed by atoms with Gasteiger partial charge in [-0.15, -0.1) is 12.4 Å². The maximum atomic E-state index is 10.6. The Morgan fingerprint density at radius 3 is 2.45 bits per heavy atom. The third-order valence-electron chi connectivity index (χ3n) is 0.971. The Labute approximate surface area is 71.4 Å². The van der Waals surface area contributed by atoms with E-state index in [1.807, 2.05) is 12.2 Å². The number of carbonyl (C=O) groups excluding carboxylic acids is 1. The molecule has 0 N–H and O–H groups in total. The van der Waals surface area contributed by atoms with Gasteiger partial charge in [-0.05, 0) is 6.08 Å². The van der Waals surface area contributed by atoms with Gasteiger partial charge in [0.15, 0.2) is 0 Å². The van der Waals surface area contributed by atoms with Gasteiger partial charge >= 0.3 is 0 Å². The van der Waals surface area contributed by atoms with Crippen LogP contribution in [-0.2, 0) is 4.79 Å². The van der Waals surface area contributed by atoms with Gasteiger partial charge < -0.3 is 0 Å². The largest absolute Gasteiger partial charge is 0.269 e. The Balaban J connectivity index is 0.000001000. The first-order valence-electron chi connectivity index (χ1n) is 2.97. The fourth-order valence-electron chi connectivity index (χ4n) is 0.540.